The topological polar surface area (TPSA) is 55.9 Å². The van der Waals surface area contributed by atoms with Gasteiger partial charge in [-0.2, -0.15) is 5.10 Å². The summed E-state index contributed by atoms with van der Waals surface area (Å²) in [6.07, 6.45) is 1.58. The molecule has 0 amide bonds. The maximum atomic E-state index is 6.23. The highest BCUT2D eigenvalue weighted by Gasteiger charge is 2.22. The van der Waals surface area contributed by atoms with Crippen LogP contribution in [-0.4, -0.2) is 9.78 Å². The summed E-state index contributed by atoms with van der Waals surface area (Å²) >= 11 is 15.7. The zero-order valence-electron chi connectivity index (χ0n) is 9.49. The zero-order valence-corrected chi connectivity index (χ0v) is 12.6. The average Bonchev–Trinajstić information content (AvgIpc) is 2.64. The quantitative estimate of drug-likeness (QED) is 0.661. The second kappa shape index (κ2) is 5.59. The van der Waals surface area contributed by atoms with Crippen molar-refractivity contribution in [3.63, 3.8) is 0 Å². The van der Waals surface area contributed by atoms with Gasteiger partial charge < -0.3 is 0 Å². The molecule has 0 aliphatic heterocycles. The first kappa shape index (κ1) is 13.8. The number of halogens is 3. The van der Waals surface area contributed by atoms with Crippen LogP contribution in [0.1, 0.15) is 17.3 Å². The van der Waals surface area contributed by atoms with Crippen LogP contribution in [0.5, 0.6) is 0 Å². The molecule has 1 aromatic heterocycles. The van der Waals surface area contributed by atoms with Gasteiger partial charge in [-0.15, -0.1) is 0 Å². The SMILES string of the molecule is Cn1ncc(Cl)c1C(NN)c1ccc(Br)cc1Cl. The van der Waals surface area contributed by atoms with Gasteiger partial charge in [0.1, 0.15) is 0 Å². The second-order valence-corrected chi connectivity index (χ2v) is 5.50. The molecule has 0 aliphatic carbocycles. The Morgan fingerprint density at radius 3 is 2.61 bits per heavy atom. The van der Waals surface area contributed by atoms with E-state index < -0.39 is 0 Å². The van der Waals surface area contributed by atoms with Crippen LogP contribution in [0.3, 0.4) is 0 Å². The third kappa shape index (κ3) is 2.55. The summed E-state index contributed by atoms with van der Waals surface area (Å²) in [6.45, 7) is 0. The van der Waals surface area contributed by atoms with E-state index in [1.165, 1.54) is 0 Å². The monoisotopic (exact) mass is 348 g/mol. The molecule has 2 rings (SSSR count). The molecule has 0 aliphatic rings. The van der Waals surface area contributed by atoms with Gasteiger partial charge in [-0.3, -0.25) is 10.5 Å². The van der Waals surface area contributed by atoms with E-state index in [-0.39, 0.29) is 6.04 Å². The van der Waals surface area contributed by atoms with E-state index in [0.717, 1.165) is 15.7 Å². The number of aromatic nitrogens is 2. The minimum absolute atomic E-state index is 0.314. The molecule has 1 unspecified atom stereocenters. The Bertz CT molecular complexity index is 551. The molecule has 0 radical (unpaired) electrons. The minimum atomic E-state index is -0.314. The number of hydrogen-bond acceptors (Lipinski definition) is 3. The fourth-order valence-corrected chi connectivity index (χ4v) is 2.85. The molecule has 1 heterocycles. The first-order chi connectivity index (χ1) is 8.54. The van der Waals surface area contributed by atoms with E-state index in [2.05, 4.69) is 26.5 Å². The molecular weight excluding hydrogens is 339 g/mol. The number of nitrogens with two attached hydrogens (primary N) is 1. The van der Waals surface area contributed by atoms with Gasteiger partial charge in [0.15, 0.2) is 0 Å². The van der Waals surface area contributed by atoms with Crippen LogP contribution in [0.25, 0.3) is 0 Å². The van der Waals surface area contributed by atoms with Gasteiger partial charge in [0, 0.05) is 16.5 Å². The smallest absolute Gasteiger partial charge is 0.0907 e. The van der Waals surface area contributed by atoms with Crippen molar-refractivity contribution in [3.05, 3.63) is 50.2 Å². The molecule has 7 heteroatoms. The van der Waals surface area contributed by atoms with Gasteiger partial charge in [-0.25, -0.2) is 5.43 Å². The van der Waals surface area contributed by atoms with Crippen molar-refractivity contribution < 1.29 is 0 Å². The fourth-order valence-electron chi connectivity index (χ4n) is 1.80. The van der Waals surface area contributed by atoms with Crippen LogP contribution in [0.2, 0.25) is 10.0 Å². The number of nitrogens with one attached hydrogen (secondary N) is 1. The van der Waals surface area contributed by atoms with E-state index in [0.29, 0.717) is 10.0 Å². The Hall–Kier alpha value is -0.590. The molecule has 0 fully saturated rings. The zero-order chi connectivity index (χ0) is 13.3. The molecule has 1 aromatic carbocycles. The molecule has 0 saturated carbocycles. The number of benzene rings is 1. The van der Waals surface area contributed by atoms with Crippen LogP contribution >= 0.6 is 39.1 Å². The van der Waals surface area contributed by atoms with E-state index >= 15 is 0 Å². The maximum absolute atomic E-state index is 6.23. The van der Waals surface area contributed by atoms with Crippen LogP contribution in [0.4, 0.5) is 0 Å². The van der Waals surface area contributed by atoms with Crippen molar-refractivity contribution in [2.75, 3.05) is 0 Å². The van der Waals surface area contributed by atoms with Gasteiger partial charge in [-0.1, -0.05) is 45.2 Å². The molecular formula is C11H11BrCl2N4. The highest BCUT2D eigenvalue weighted by atomic mass is 79.9. The summed E-state index contributed by atoms with van der Waals surface area (Å²) in [5.41, 5.74) is 4.33. The predicted molar refractivity (Wildman–Crippen MR) is 76.5 cm³/mol. The van der Waals surface area contributed by atoms with E-state index in [1.54, 1.807) is 17.9 Å². The van der Waals surface area contributed by atoms with Crippen LogP contribution in [-0.2, 0) is 7.05 Å². The third-order valence-corrected chi connectivity index (χ3v) is 3.76. The van der Waals surface area contributed by atoms with E-state index in [9.17, 15) is 0 Å². The van der Waals surface area contributed by atoms with E-state index in [4.69, 9.17) is 29.0 Å². The summed E-state index contributed by atoms with van der Waals surface area (Å²) < 4.78 is 2.58. The lowest BCUT2D eigenvalue weighted by Crippen LogP contribution is -2.30. The highest BCUT2D eigenvalue weighted by Crippen LogP contribution is 2.32. The van der Waals surface area contributed by atoms with Gasteiger partial charge in [0.05, 0.1) is 23.0 Å². The molecule has 3 N–H and O–H groups in total. The molecule has 2 aromatic rings. The lowest BCUT2D eigenvalue weighted by molar-refractivity contribution is 0.575. The normalized spacial score (nSPS) is 12.7. The summed E-state index contributed by atoms with van der Waals surface area (Å²) in [7, 11) is 1.80. The number of aryl methyl sites for hydroxylation is 1. The maximum Gasteiger partial charge on any atom is 0.0907 e. The van der Waals surface area contributed by atoms with Crippen molar-refractivity contribution in [2.24, 2.45) is 12.9 Å². The fraction of sp³-hybridized carbons (Fsp3) is 0.182. The Morgan fingerprint density at radius 1 is 1.39 bits per heavy atom. The minimum Gasteiger partial charge on any atom is -0.271 e. The Kier molecular flexibility index (Phi) is 4.29. The first-order valence-electron chi connectivity index (χ1n) is 5.13. The van der Waals surface area contributed by atoms with Crippen LogP contribution in [0.15, 0.2) is 28.9 Å². The number of hydrogen-bond donors (Lipinski definition) is 2. The standard InChI is InChI=1S/C11H11BrCl2N4/c1-18-11(9(14)5-16-18)10(17-15)7-3-2-6(12)4-8(7)13/h2-5,10,17H,15H2,1H3. The van der Waals surface area contributed by atoms with Gasteiger partial charge in [0.2, 0.25) is 0 Å². The lowest BCUT2D eigenvalue weighted by Gasteiger charge is -2.18. The lowest BCUT2D eigenvalue weighted by atomic mass is 10.0. The molecule has 0 spiro atoms. The van der Waals surface area contributed by atoms with Crippen molar-refractivity contribution in [1.29, 1.82) is 0 Å². The number of nitrogens with zero attached hydrogens (tertiary/aromatic N) is 2. The highest BCUT2D eigenvalue weighted by molar-refractivity contribution is 9.10. The molecule has 1 atom stereocenters. The Balaban J connectivity index is 2.52. The molecule has 4 nitrogen and oxygen atoms in total. The molecule has 96 valence electrons. The number of hydrazine groups is 1. The largest absolute Gasteiger partial charge is 0.271 e. The average molecular weight is 350 g/mol. The summed E-state index contributed by atoms with van der Waals surface area (Å²) in [5, 5.41) is 5.24. The van der Waals surface area contributed by atoms with Crippen molar-refractivity contribution in [2.45, 2.75) is 6.04 Å². The van der Waals surface area contributed by atoms with E-state index in [1.807, 2.05) is 18.2 Å². The molecule has 0 bridgehead atoms. The summed E-state index contributed by atoms with van der Waals surface area (Å²) in [4.78, 5) is 0. The van der Waals surface area contributed by atoms with Gasteiger partial charge in [-0.05, 0) is 17.7 Å². The van der Waals surface area contributed by atoms with Gasteiger partial charge >= 0.3 is 0 Å². The molecule has 18 heavy (non-hydrogen) atoms. The van der Waals surface area contributed by atoms with Crippen molar-refractivity contribution >= 4 is 39.1 Å². The second-order valence-electron chi connectivity index (χ2n) is 3.77. The Morgan fingerprint density at radius 2 is 2.11 bits per heavy atom. The predicted octanol–water partition coefficient (Wildman–Crippen LogP) is 3.04. The molecule has 0 saturated heterocycles. The van der Waals surface area contributed by atoms with Gasteiger partial charge in [0.25, 0.3) is 0 Å². The first-order valence-corrected chi connectivity index (χ1v) is 6.68. The summed E-state index contributed by atoms with van der Waals surface area (Å²) in [6, 6.07) is 5.28. The van der Waals surface area contributed by atoms with Crippen molar-refractivity contribution in [1.82, 2.24) is 15.2 Å². The van der Waals surface area contributed by atoms with Crippen molar-refractivity contribution in [3.8, 4) is 0 Å². The summed E-state index contributed by atoms with van der Waals surface area (Å²) in [5.74, 6) is 5.62. The Labute approximate surface area is 123 Å². The number of rotatable bonds is 3. The van der Waals surface area contributed by atoms with Crippen LogP contribution < -0.4 is 11.3 Å². The van der Waals surface area contributed by atoms with Crippen LogP contribution in [0, 0.1) is 0 Å². The third-order valence-electron chi connectivity index (χ3n) is 2.65.